The lowest BCUT2D eigenvalue weighted by Crippen LogP contribution is -2.00. The molecule has 0 aliphatic heterocycles. The molecule has 0 unspecified atom stereocenters. The average Bonchev–Trinajstić information content (AvgIpc) is 2.10. The molecule has 0 saturated carbocycles. The monoisotopic (exact) mass is 203 g/mol. The van der Waals surface area contributed by atoms with Crippen LogP contribution in [0.4, 0.5) is 4.39 Å². The van der Waals surface area contributed by atoms with Gasteiger partial charge in [0.2, 0.25) is 0 Å². The number of phenols is 1. The highest BCUT2D eigenvalue weighted by molar-refractivity contribution is 6.32. The molecule has 0 bridgehead atoms. The molecule has 13 heavy (non-hydrogen) atoms. The largest absolute Gasteiger partial charge is 0.506 e. The van der Waals surface area contributed by atoms with Gasteiger partial charge < -0.3 is 10.8 Å². The first-order valence-electron chi connectivity index (χ1n) is 4.02. The first-order chi connectivity index (χ1) is 6.15. The predicted molar refractivity (Wildman–Crippen MR) is 50.5 cm³/mol. The number of hydrogen-bond donors (Lipinski definition) is 2. The van der Waals surface area contributed by atoms with Crippen LogP contribution in [0.5, 0.6) is 5.75 Å². The van der Waals surface area contributed by atoms with Crippen LogP contribution in [-0.4, -0.2) is 11.7 Å². The normalized spacial score (nSPS) is 10.4. The van der Waals surface area contributed by atoms with Gasteiger partial charge in [-0.15, -0.1) is 0 Å². The van der Waals surface area contributed by atoms with Crippen molar-refractivity contribution < 1.29 is 9.50 Å². The van der Waals surface area contributed by atoms with E-state index in [9.17, 15) is 9.50 Å². The molecular weight excluding hydrogens is 193 g/mol. The third-order valence-corrected chi connectivity index (χ3v) is 2.11. The third-order valence-electron chi connectivity index (χ3n) is 1.74. The van der Waals surface area contributed by atoms with Crippen LogP contribution in [0.3, 0.4) is 0 Å². The maximum Gasteiger partial charge on any atom is 0.145 e. The molecule has 0 radical (unpaired) electrons. The molecule has 0 heterocycles. The minimum Gasteiger partial charge on any atom is -0.506 e. The molecule has 0 fully saturated rings. The lowest BCUT2D eigenvalue weighted by Gasteiger charge is -2.03. The Hall–Kier alpha value is -0.800. The highest BCUT2D eigenvalue weighted by Gasteiger charge is 2.07. The summed E-state index contributed by atoms with van der Waals surface area (Å²) in [5.41, 5.74) is 6.01. The van der Waals surface area contributed by atoms with E-state index in [1.54, 1.807) is 0 Å². The SMILES string of the molecule is NCCCc1cc(O)c(Cl)c(F)c1. The van der Waals surface area contributed by atoms with Crippen molar-refractivity contribution in [2.75, 3.05) is 6.54 Å². The van der Waals surface area contributed by atoms with E-state index in [0.29, 0.717) is 18.5 Å². The number of aryl methyl sites for hydroxylation is 1. The van der Waals surface area contributed by atoms with E-state index in [1.807, 2.05) is 0 Å². The molecule has 72 valence electrons. The van der Waals surface area contributed by atoms with Crippen molar-refractivity contribution in [1.29, 1.82) is 0 Å². The number of benzene rings is 1. The van der Waals surface area contributed by atoms with Gasteiger partial charge in [0.15, 0.2) is 0 Å². The summed E-state index contributed by atoms with van der Waals surface area (Å²) in [5, 5.41) is 8.95. The van der Waals surface area contributed by atoms with Crippen LogP contribution < -0.4 is 5.73 Å². The molecule has 2 nitrogen and oxygen atoms in total. The van der Waals surface area contributed by atoms with E-state index < -0.39 is 5.82 Å². The van der Waals surface area contributed by atoms with Crippen LogP contribution in [0.2, 0.25) is 5.02 Å². The molecular formula is C9H11ClFNO. The first kappa shape index (κ1) is 10.3. The van der Waals surface area contributed by atoms with Crippen molar-refractivity contribution in [2.45, 2.75) is 12.8 Å². The molecule has 1 aromatic carbocycles. The lowest BCUT2D eigenvalue weighted by molar-refractivity contribution is 0.468. The van der Waals surface area contributed by atoms with Crippen molar-refractivity contribution in [3.8, 4) is 5.75 Å². The number of aromatic hydroxyl groups is 1. The zero-order chi connectivity index (χ0) is 9.84. The van der Waals surface area contributed by atoms with Gasteiger partial charge in [-0.2, -0.15) is 0 Å². The topological polar surface area (TPSA) is 46.2 Å². The summed E-state index contributed by atoms with van der Waals surface area (Å²) < 4.78 is 12.9. The van der Waals surface area contributed by atoms with Crippen LogP contribution in [0.15, 0.2) is 12.1 Å². The Bertz CT molecular complexity index is 281. The third kappa shape index (κ3) is 2.57. The zero-order valence-corrected chi connectivity index (χ0v) is 7.81. The minimum absolute atomic E-state index is 0.214. The van der Waals surface area contributed by atoms with Gasteiger partial charge in [0.1, 0.15) is 16.6 Å². The maximum absolute atomic E-state index is 12.9. The van der Waals surface area contributed by atoms with Crippen LogP contribution in [-0.2, 0) is 6.42 Å². The van der Waals surface area contributed by atoms with Crippen LogP contribution >= 0.6 is 11.6 Å². The standard InChI is InChI=1S/C9H11ClFNO/c10-9-7(11)4-6(2-1-3-12)5-8(9)13/h4-5,13H,1-3,12H2. The summed E-state index contributed by atoms with van der Waals surface area (Å²) >= 11 is 5.43. The summed E-state index contributed by atoms with van der Waals surface area (Å²) in [6.45, 7) is 0.547. The summed E-state index contributed by atoms with van der Waals surface area (Å²) in [4.78, 5) is 0. The number of hydrogen-bond acceptors (Lipinski definition) is 2. The molecule has 1 aromatic rings. The molecule has 0 aliphatic carbocycles. The van der Waals surface area contributed by atoms with Gasteiger partial charge in [-0.1, -0.05) is 11.6 Å². The van der Waals surface area contributed by atoms with E-state index in [2.05, 4.69) is 0 Å². The van der Waals surface area contributed by atoms with Crippen molar-refractivity contribution in [3.63, 3.8) is 0 Å². The van der Waals surface area contributed by atoms with E-state index in [1.165, 1.54) is 12.1 Å². The summed E-state index contributed by atoms with van der Waals surface area (Å²) in [6.07, 6.45) is 1.42. The van der Waals surface area contributed by atoms with Gasteiger partial charge in [-0.25, -0.2) is 4.39 Å². The van der Waals surface area contributed by atoms with Gasteiger partial charge in [0, 0.05) is 0 Å². The van der Waals surface area contributed by atoms with Gasteiger partial charge >= 0.3 is 0 Å². The summed E-state index contributed by atoms with van der Waals surface area (Å²) in [7, 11) is 0. The van der Waals surface area contributed by atoms with Crippen molar-refractivity contribution in [2.24, 2.45) is 5.73 Å². The Morgan fingerprint density at radius 2 is 2.15 bits per heavy atom. The highest BCUT2D eigenvalue weighted by Crippen LogP contribution is 2.27. The first-order valence-corrected chi connectivity index (χ1v) is 4.40. The molecule has 1 rings (SSSR count). The van der Waals surface area contributed by atoms with Crippen LogP contribution in [0.1, 0.15) is 12.0 Å². The van der Waals surface area contributed by atoms with E-state index in [0.717, 1.165) is 6.42 Å². The molecule has 0 saturated heterocycles. The second-order valence-electron chi connectivity index (χ2n) is 2.80. The van der Waals surface area contributed by atoms with Crippen molar-refractivity contribution in [3.05, 3.63) is 28.5 Å². The van der Waals surface area contributed by atoms with Crippen LogP contribution in [0.25, 0.3) is 0 Å². The van der Waals surface area contributed by atoms with Crippen LogP contribution in [0, 0.1) is 5.82 Å². The minimum atomic E-state index is -0.589. The molecule has 3 N–H and O–H groups in total. The van der Waals surface area contributed by atoms with E-state index in [-0.39, 0.29) is 10.8 Å². The highest BCUT2D eigenvalue weighted by atomic mass is 35.5. The summed E-state index contributed by atoms with van der Waals surface area (Å²) in [5.74, 6) is -0.803. The second kappa shape index (κ2) is 4.44. The average molecular weight is 204 g/mol. The zero-order valence-electron chi connectivity index (χ0n) is 7.06. The fraction of sp³-hybridized carbons (Fsp3) is 0.333. The number of halogens is 2. The van der Waals surface area contributed by atoms with Crippen molar-refractivity contribution >= 4 is 11.6 Å². The van der Waals surface area contributed by atoms with Gasteiger partial charge in [0.05, 0.1) is 0 Å². The quantitative estimate of drug-likeness (QED) is 0.790. The number of nitrogens with two attached hydrogens (primary N) is 1. The number of phenolic OH excluding ortho intramolecular Hbond substituents is 1. The molecule has 0 aliphatic rings. The van der Waals surface area contributed by atoms with Gasteiger partial charge in [-0.05, 0) is 37.1 Å². The maximum atomic E-state index is 12.9. The lowest BCUT2D eigenvalue weighted by atomic mass is 10.1. The van der Waals surface area contributed by atoms with E-state index in [4.69, 9.17) is 17.3 Å². The van der Waals surface area contributed by atoms with Gasteiger partial charge in [-0.3, -0.25) is 0 Å². The Kier molecular flexibility index (Phi) is 3.51. The fourth-order valence-electron chi connectivity index (χ4n) is 1.08. The Morgan fingerprint density at radius 3 is 2.69 bits per heavy atom. The molecule has 0 aromatic heterocycles. The second-order valence-corrected chi connectivity index (χ2v) is 3.18. The molecule has 0 amide bonds. The van der Waals surface area contributed by atoms with Gasteiger partial charge in [0.25, 0.3) is 0 Å². The fourth-order valence-corrected chi connectivity index (χ4v) is 1.19. The molecule has 0 atom stereocenters. The smallest absolute Gasteiger partial charge is 0.145 e. The van der Waals surface area contributed by atoms with E-state index >= 15 is 0 Å². The Labute approximate surface area is 81.1 Å². The number of rotatable bonds is 3. The summed E-state index contributed by atoms with van der Waals surface area (Å²) in [6, 6.07) is 2.78. The molecule has 4 heteroatoms. The predicted octanol–water partition coefficient (Wildman–Crippen LogP) is 2.08. The Balaban J connectivity index is 2.86. The molecule has 0 spiro atoms. The Morgan fingerprint density at radius 1 is 1.46 bits per heavy atom. The van der Waals surface area contributed by atoms with Crippen molar-refractivity contribution in [1.82, 2.24) is 0 Å².